The van der Waals surface area contributed by atoms with Crippen molar-refractivity contribution in [2.24, 2.45) is 5.73 Å². The summed E-state index contributed by atoms with van der Waals surface area (Å²) in [5, 5.41) is 0. The largest absolute Gasteiger partial charge is 0.444 e. The van der Waals surface area contributed by atoms with E-state index >= 15 is 0 Å². The first kappa shape index (κ1) is 14.9. The number of hydrogen-bond acceptors (Lipinski definition) is 4. The Kier molecular flexibility index (Phi) is 3.16. The second kappa shape index (κ2) is 5.30. The summed E-state index contributed by atoms with van der Waals surface area (Å²) in [6.07, 6.45) is 3.66. The van der Waals surface area contributed by atoms with Gasteiger partial charge in [0.15, 0.2) is 0 Å². The summed E-state index contributed by atoms with van der Waals surface area (Å²) in [5.41, 5.74) is 9.94. The van der Waals surface area contributed by atoms with Crippen LogP contribution in [0.25, 0.3) is 0 Å². The van der Waals surface area contributed by atoms with E-state index < -0.39 is 0 Å². The van der Waals surface area contributed by atoms with Crippen molar-refractivity contribution in [3.8, 4) is 0 Å². The van der Waals surface area contributed by atoms with Crippen LogP contribution < -0.4 is 10.6 Å². The number of pyridine rings is 1. The van der Waals surface area contributed by atoms with Gasteiger partial charge in [-0.25, -0.2) is 4.79 Å². The molecule has 5 nitrogen and oxygen atoms in total. The zero-order valence-electron chi connectivity index (χ0n) is 14.0. The van der Waals surface area contributed by atoms with Crippen molar-refractivity contribution in [2.75, 3.05) is 4.90 Å². The van der Waals surface area contributed by atoms with E-state index in [2.05, 4.69) is 0 Å². The molecule has 2 saturated carbocycles. The fourth-order valence-corrected chi connectivity index (χ4v) is 3.89. The average Bonchev–Trinajstić information content (AvgIpc) is 3.37. The summed E-state index contributed by atoms with van der Waals surface area (Å²) >= 11 is 0. The molecule has 0 unspecified atom stereocenters. The molecule has 2 aliphatic heterocycles. The van der Waals surface area contributed by atoms with Gasteiger partial charge in [-0.15, -0.1) is 0 Å². The average molecular weight is 335 g/mol. The van der Waals surface area contributed by atoms with Crippen LogP contribution in [-0.4, -0.2) is 17.1 Å². The Morgan fingerprint density at radius 2 is 1.96 bits per heavy atom. The number of amides is 1. The zero-order valence-corrected chi connectivity index (χ0v) is 14.0. The molecule has 2 N–H and O–H groups in total. The van der Waals surface area contributed by atoms with Crippen LogP contribution in [0.3, 0.4) is 0 Å². The number of nitrogens with zero attached hydrogens (tertiary/aromatic N) is 2. The highest BCUT2D eigenvalue weighted by atomic mass is 16.6. The SMILES string of the molecule is NC1(c2ccc3c(n2)C2CC(C2)N3C(=O)OCc2ccccc2)CC1. The monoisotopic (exact) mass is 335 g/mol. The fraction of sp³-hybridized carbons (Fsp3) is 0.400. The smallest absolute Gasteiger partial charge is 0.414 e. The van der Waals surface area contributed by atoms with Crippen molar-refractivity contribution in [3.63, 3.8) is 0 Å². The standard InChI is InChI=1S/C20H21N3O2/c21-20(8-9-20)17-7-6-16-18(22-17)14-10-15(11-14)23(16)19(24)25-12-13-4-2-1-3-5-13/h1-7,14-15H,8-12,21H2. The van der Waals surface area contributed by atoms with Gasteiger partial charge in [0.25, 0.3) is 0 Å². The van der Waals surface area contributed by atoms with Crippen molar-refractivity contribution in [1.29, 1.82) is 0 Å². The van der Waals surface area contributed by atoms with E-state index in [1.807, 2.05) is 42.5 Å². The Morgan fingerprint density at radius 3 is 2.68 bits per heavy atom. The Hall–Kier alpha value is -2.40. The van der Waals surface area contributed by atoms with Gasteiger partial charge in [-0.1, -0.05) is 30.3 Å². The van der Waals surface area contributed by atoms with E-state index in [0.29, 0.717) is 12.5 Å². The molecule has 2 aromatic rings. The molecule has 2 fully saturated rings. The molecule has 128 valence electrons. The topological polar surface area (TPSA) is 68.5 Å². The highest BCUT2D eigenvalue weighted by Crippen LogP contribution is 2.51. The van der Waals surface area contributed by atoms with Crippen LogP contribution in [0.2, 0.25) is 0 Å². The summed E-state index contributed by atoms with van der Waals surface area (Å²) in [6, 6.07) is 14.0. The third kappa shape index (κ3) is 2.42. The van der Waals surface area contributed by atoms with Crippen LogP contribution in [0, 0.1) is 0 Å². The van der Waals surface area contributed by atoms with Gasteiger partial charge >= 0.3 is 6.09 Å². The van der Waals surface area contributed by atoms with Crippen molar-refractivity contribution < 1.29 is 9.53 Å². The molecule has 0 radical (unpaired) electrons. The van der Waals surface area contributed by atoms with E-state index in [4.69, 9.17) is 15.5 Å². The summed E-state index contributed by atoms with van der Waals surface area (Å²) in [6.45, 7) is 0.291. The van der Waals surface area contributed by atoms with E-state index in [9.17, 15) is 4.79 Å². The van der Waals surface area contributed by atoms with Gasteiger partial charge in [-0.05, 0) is 43.4 Å². The van der Waals surface area contributed by atoms with Gasteiger partial charge in [-0.2, -0.15) is 0 Å². The zero-order chi connectivity index (χ0) is 17.0. The number of ether oxygens (including phenoxy) is 1. The Morgan fingerprint density at radius 1 is 1.20 bits per heavy atom. The number of carbonyl (C=O) groups excluding carboxylic acids is 1. The van der Waals surface area contributed by atoms with Crippen LogP contribution in [0.5, 0.6) is 0 Å². The molecule has 1 aromatic carbocycles. The summed E-state index contributed by atoms with van der Waals surface area (Å²) in [4.78, 5) is 19.4. The molecule has 1 aromatic heterocycles. The third-order valence-electron chi connectivity index (χ3n) is 5.73. The number of hydrogen-bond donors (Lipinski definition) is 1. The quantitative estimate of drug-likeness (QED) is 0.933. The minimum atomic E-state index is -0.281. The van der Waals surface area contributed by atoms with Gasteiger partial charge in [0.2, 0.25) is 0 Å². The molecule has 4 aliphatic rings. The molecule has 0 atom stereocenters. The molecule has 0 saturated heterocycles. The highest BCUT2D eigenvalue weighted by molar-refractivity contribution is 5.91. The molecule has 2 aliphatic carbocycles. The second-order valence-electron chi connectivity index (χ2n) is 7.49. The van der Waals surface area contributed by atoms with Gasteiger partial charge in [0.05, 0.1) is 22.6 Å². The molecule has 1 amide bonds. The predicted molar refractivity (Wildman–Crippen MR) is 94.2 cm³/mol. The first-order valence-electron chi connectivity index (χ1n) is 8.94. The Labute approximate surface area is 146 Å². The van der Waals surface area contributed by atoms with Crippen molar-refractivity contribution in [3.05, 3.63) is 59.4 Å². The van der Waals surface area contributed by atoms with Crippen molar-refractivity contribution in [1.82, 2.24) is 4.98 Å². The fourth-order valence-electron chi connectivity index (χ4n) is 3.89. The van der Waals surface area contributed by atoms with Crippen LogP contribution in [0.1, 0.15) is 48.6 Å². The minimum Gasteiger partial charge on any atom is -0.444 e. The minimum absolute atomic E-state index is 0.237. The number of rotatable bonds is 3. The number of nitrogens with two attached hydrogens (primary N) is 1. The molecule has 6 rings (SSSR count). The lowest BCUT2D eigenvalue weighted by molar-refractivity contribution is 0.136. The maximum Gasteiger partial charge on any atom is 0.414 e. The van der Waals surface area contributed by atoms with E-state index in [1.54, 1.807) is 4.90 Å². The molecule has 0 spiro atoms. The Balaban J connectivity index is 1.39. The summed E-state index contributed by atoms with van der Waals surface area (Å²) < 4.78 is 5.56. The third-order valence-corrected chi connectivity index (χ3v) is 5.73. The van der Waals surface area contributed by atoms with Crippen LogP contribution in [-0.2, 0) is 16.9 Å². The van der Waals surface area contributed by atoms with Crippen molar-refractivity contribution in [2.45, 2.75) is 49.8 Å². The van der Waals surface area contributed by atoms with Crippen LogP contribution in [0.15, 0.2) is 42.5 Å². The molecule has 25 heavy (non-hydrogen) atoms. The van der Waals surface area contributed by atoms with E-state index in [1.165, 1.54) is 0 Å². The molecule has 5 heteroatoms. The van der Waals surface area contributed by atoms with Crippen LogP contribution in [0.4, 0.5) is 10.5 Å². The number of benzene rings is 1. The molecular formula is C20H21N3O2. The lowest BCUT2D eigenvalue weighted by Gasteiger charge is -2.48. The maximum absolute atomic E-state index is 12.7. The second-order valence-corrected chi connectivity index (χ2v) is 7.49. The van der Waals surface area contributed by atoms with Gasteiger partial charge in [-0.3, -0.25) is 9.88 Å². The highest BCUT2D eigenvalue weighted by Gasteiger charge is 2.48. The maximum atomic E-state index is 12.7. The number of aromatic nitrogens is 1. The lowest BCUT2D eigenvalue weighted by atomic mass is 9.72. The number of anilines is 1. The molecular weight excluding hydrogens is 314 g/mol. The first-order valence-corrected chi connectivity index (χ1v) is 8.94. The summed E-state index contributed by atoms with van der Waals surface area (Å²) in [5.74, 6) is 0.459. The predicted octanol–water partition coefficient (Wildman–Crippen LogP) is 3.43. The lowest BCUT2D eigenvalue weighted by Crippen LogP contribution is -2.52. The van der Waals surface area contributed by atoms with Gasteiger partial charge in [0, 0.05) is 12.0 Å². The molecule has 3 heterocycles. The molecule has 2 bridgehead atoms. The van der Waals surface area contributed by atoms with Gasteiger partial charge in [0.1, 0.15) is 6.61 Å². The van der Waals surface area contributed by atoms with Gasteiger partial charge < -0.3 is 10.5 Å². The van der Waals surface area contributed by atoms with E-state index in [-0.39, 0.29) is 17.7 Å². The summed E-state index contributed by atoms with van der Waals surface area (Å²) in [7, 11) is 0. The normalized spacial score (nSPS) is 24.9. The van der Waals surface area contributed by atoms with Crippen molar-refractivity contribution >= 4 is 11.8 Å². The van der Waals surface area contributed by atoms with E-state index in [0.717, 1.165) is 48.3 Å². The first-order chi connectivity index (χ1) is 12.1. The van der Waals surface area contributed by atoms with Crippen LogP contribution >= 0.6 is 0 Å². The Bertz CT molecular complexity index is 826. The number of carbonyl (C=O) groups is 1.